The highest BCUT2D eigenvalue weighted by Gasteiger charge is 2.30. The molecule has 7 heteroatoms. The Morgan fingerprint density at radius 2 is 1.86 bits per heavy atom. The van der Waals surface area contributed by atoms with Crippen molar-refractivity contribution in [1.82, 2.24) is 9.97 Å². The summed E-state index contributed by atoms with van der Waals surface area (Å²) >= 11 is 0. The maximum Gasteiger partial charge on any atom is 0.416 e. The van der Waals surface area contributed by atoms with Gasteiger partial charge in [0.05, 0.1) is 18.0 Å². The topological polar surface area (TPSA) is 47.0 Å². The third-order valence-electron chi connectivity index (χ3n) is 2.57. The van der Waals surface area contributed by atoms with Gasteiger partial charge in [0.25, 0.3) is 0 Å². The molecule has 0 amide bonds. The van der Waals surface area contributed by atoms with E-state index in [4.69, 9.17) is 4.74 Å². The van der Waals surface area contributed by atoms with Crippen molar-refractivity contribution in [2.45, 2.75) is 19.5 Å². The second kappa shape index (κ2) is 6.43. The Bertz CT molecular complexity index is 585. The predicted molar refractivity (Wildman–Crippen MR) is 72.3 cm³/mol. The highest BCUT2D eigenvalue weighted by molar-refractivity contribution is 5.35. The Morgan fingerprint density at radius 1 is 1.14 bits per heavy atom. The third-order valence-corrected chi connectivity index (χ3v) is 2.57. The molecule has 0 saturated carbocycles. The van der Waals surface area contributed by atoms with Crippen molar-refractivity contribution in [2.75, 3.05) is 11.9 Å². The third kappa shape index (κ3) is 4.34. The van der Waals surface area contributed by atoms with Crippen molar-refractivity contribution in [1.29, 1.82) is 0 Å². The molecule has 1 aromatic heterocycles. The summed E-state index contributed by atoms with van der Waals surface area (Å²) in [6, 6.07) is 4.41. The molecule has 0 bridgehead atoms. The van der Waals surface area contributed by atoms with Crippen LogP contribution in [0.25, 0.3) is 0 Å². The summed E-state index contributed by atoms with van der Waals surface area (Å²) in [5, 5.41) is 3.05. The predicted octanol–water partition coefficient (Wildman–Crippen LogP) is 4.11. The van der Waals surface area contributed by atoms with Gasteiger partial charge >= 0.3 is 6.18 Å². The van der Waals surface area contributed by atoms with Crippen molar-refractivity contribution in [2.24, 2.45) is 0 Å². The molecule has 1 N–H and O–H groups in total. The van der Waals surface area contributed by atoms with Crippen molar-refractivity contribution >= 4 is 5.82 Å². The van der Waals surface area contributed by atoms with Gasteiger partial charge in [-0.3, -0.25) is 4.98 Å². The summed E-state index contributed by atoms with van der Waals surface area (Å²) in [7, 11) is 0. The largest absolute Gasteiger partial charge is 0.437 e. The normalized spacial score (nSPS) is 11.2. The van der Waals surface area contributed by atoms with E-state index < -0.39 is 11.7 Å². The molecule has 0 aliphatic heterocycles. The zero-order valence-electron chi connectivity index (χ0n) is 11.3. The van der Waals surface area contributed by atoms with Crippen molar-refractivity contribution in [3.63, 3.8) is 0 Å². The van der Waals surface area contributed by atoms with Crippen LogP contribution in [0.3, 0.4) is 0 Å². The van der Waals surface area contributed by atoms with E-state index in [2.05, 4.69) is 15.3 Å². The van der Waals surface area contributed by atoms with Crippen LogP contribution in [0.1, 0.15) is 18.9 Å². The number of benzene rings is 1. The molecule has 0 spiro atoms. The van der Waals surface area contributed by atoms with Crippen LogP contribution >= 0.6 is 0 Å². The summed E-state index contributed by atoms with van der Waals surface area (Å²) in [6.45, 7) is 2.77. The van der Waals surface area contributed by atoms with E-state index in [0.29, 0.717) is 5.82 Å². The number of ether oxygens (including phenoxy) is 1. The lowest BCUT2D eigenvalue weighted by atomic mass is 10.2. The van der Waals surface area contributed by atoms with Gasteiger partial charge in [0, 0.05) is 6.54 Å². The van der Waals surface area contributed by atoms with E-state index in [1.54, 1.807) is 6.20 Å². The number of aromatic nitrogens is 2. The van der Waals surface area contributed by atoms with E-state index in [1.165, 1.54) is 18.3 Å². The summed E-state index contributed by atoms with van der Waals surface area (Å²) in [4.78, 5) is 8.12. The van der Waals surface area contributed by atoms with Gasteiger partial charge in [0.1, 0.15) is 11.6 Å². The summed E-state index contributed by atoms with van der Waals surface area (Å²) < 4.78 is 42.7. The van der Waals surface area contributed by atoms with Crippen LogP contribution in [-0.4, -0.2) is 16.5 Å². The number of rotatable bonds is 5. The first-order valence-electron chi connectivity index (χ1n) is 6.40. The fraction of sp³-hybridized carbons (Fsp3) is 0.286. The molecule has 1 aromatic carbocycles. The molecule has 0 unspecified atom stereocenters. The Labute approximate surface area is 120 Å². The number of nitrogens with one attached hydrogen (secondary N) is 1. The molecular formula is C14H14F3N3O. The average molecular weight is 297 g/mol. The Kier molecular flexibility index (Phi) is 4.62. The molecule has 1 heterocycles. The number of hydrogen-bond acceptors (Lipinski definition) is 4. The van der Waals surface area contributed by atoms with Crippen LogP contribution in [0.15, 0.2) is 36.7 Å². The number of anilines is 1. The van der Waals surface area contributed by atoms with Crippen molar-refractivity contribution in [3.05, 3.63) is 42.2 Å². The van der Waals surface area contributed by atoms with Gasteiger partial charge in [-0.25, -0.2) is 0 Å². The number of nitrogens with zero attached hydrogens (tertiary/aromatic N) is 2. The minimum absolute atomic E-state index is 0.218. The Hall–Kier alpha value is -2.31. The molecule has 0 aliphatic carbocycles. The molecule has 2 rings (SSSR count). The minimum atomic E-state index is -4.36. The fourth-order valence-corrected chi connectivity index (χ4v) is 1.57. The van der Waals surface area contributed by atoms with E-state index in [1.807, 2.05) is 6.92 Å². The molecule has 0 fully saturated rings. The van der Waals surface area contributed by atoms with Crippen LogP contribution in [0, 0.1) is 0 Å². The lowest BCUT2D eigenvalue weighted by Crippen LogP contribution is -2.04. The van der Waals surface area contributed by atoms with E-state index in [9.17, 15) is 13.2 Å². The smallest absolute Gasteiger partial charge is 0.416 e. The zero-order valence-corrected chi connectivity index (χ0v) is 11.3. The standard InChI is InChI=1S/C14H14F3N3O/c1-2-7-19-12-8-18-9-13(20-12)21-11-5-3-10(4-6-11)14(15,16)17/h3-6,8-9H,2,7H2,1H3,(H,19,20). The lowest BCUT2D eigenvalue weighted by molar-refractivity contribution is -0.137. The van der Waals surface area contributed by atoms with Crippen LogP contribution in [0.2, 0.25) is 0 Å². The molecule has 0 atom stereocenters. The fourth-order valence-electron chi connectivity index (χ4n) is 1.57. The minimum Gasteiger partial charge on any atom is -0.437 e. The molecule has 0 radical (unpaired) electrons. The second-order valence-electron chi connectivity index (χ2n) is 4.29. The van der Waals surface area contributed by atoms with E-state index >= 15 is 0 Å². The van der Waals surface area contributed by atoms with E-state index in [0.717, 1.165) is 25.1 Å². The van der Waals surface area contributed by atoms with Gasteiger partial charge in [0.2, 0.25) is 5.88 Å². The highest BCUT2D eigenvalue weighted by Crippen LogP contribution is 2.31. The van der Waals surface area contributed by atoms with Crippen molar-refractivity contribution in [3.8, 4) is 11.6 Å². The maximum atomic E-state index is 12.4. The average Bonchev–Trinajstić information content (AvgIpc) is 2.45. The van der Waals surface area contributed by atoms with Gasteiger partial charge in [-0.1, -0.05) is 6.92 Å². The van der Waals surface area contributed by atoms with Gasteiger partial charge in [-0.2, -0.15) is 18.2 Å². The molecule has 21 heavy (non-hydrogen) atoms. The first-order chi connectivity index (χ1) is 9.99. The first-order valence-corrected chi connectivity index (χ1v) is 6.40. The number of hydrogen-bond donors (Lipinski definition) is 1. The zero-order chi connectivity index (χ0) is 15.3. The SMILES string of the molecule is CCCNc1cncc(Oc2ccc(C(F)(F)F)cc2)n1. The first kappa shape index (κ1) is 15.1. The lowest BCUT2D eigenvalue weighted by Gasteiger charge is -2.09. The monoisotopic (exact) mass is 297 g/mol. The summed E-state index contributed by atoms with van der Waals surface area (Å²) in [5.41, 5.74) is -0.723. The van der Waals surface area contributed by atoms with Crippen molar-refractivity contribution < 1.29 is 17.9 Å². The quantitative estimate of drug-likeness (QED) is 0.902. The molecule has 112 valence electrons. The Balaban J connectivity index is 2.07. The Morgan fingerprint density at radius 3 is 2.48 bits per heavy atom. The van der Waals surface area contributed by atoms with Gasteiger partial charge < -0.3 is 10.1 Å². The van der Waals surface area contributed by atoms with Gasteiger partial charge in [0.15, 0.2) is 0 Å². The molecule has 4 nitrogen and oxygen atoms in total. The van der Waals surface area contributed by atoms with Gasteiger partial charge in [-0.05, 0) is 30.7 Å². The van der Waals surface area contributed by atoms with Crippen LogP contribution in [0.5, 0.6) is 11.6 Å². The summed E-state index contributed by atoms with van der Waals surface area (Å²) in [6.07, 6.45) is -0.474. The number of alkyl halides is 3. The highest BCUT2D eigenvalue weighted by atomic mass is 19.4. The molecule has 0 aliphatic rings. The van der Waals surface area contributed by atoms with Gasteiger partial charge in [-0.15, -0.1) is 0 Å². The van der Waals surface area contributed by atoms with Crippen LogP contribution in [-0.2, 0) is 6.18 Å². The molecular weight excluding hydrogens is 283 g/mol. The molecule has 2 aromatic rings. The van der Waals surface area contributed by atoms with E-state index in [-0.39, 0.29) is 11.6 Å². The van der Waals surface area contributed by atoms with Crippen LogP contribution in [0.4, 0.5) is 19.0 Å². The molecule has 0 saturated heterocycles. The summed E-state index contributed by atoms with van der Waals surface area (Å²) in [5.74, 6) is 1.04. The maximum absolute atomic E-state index is 12.4. The second-order valence-corrected chi connectivity index (χ2v) is 4.29. The van der Waals surface area contributed by atoms with Crippen LogP contribution < -0.4 is 10.1 Å². The number of halogens is 3.